The van der Waals surface area contributed by atoms with Gasteiger partial charge in [-0.05, 0) is 0 Å². The number of halogens is 4. The molecule has 0 saturated heterocycles. The molecule has 13 heavy (non-hydrogen) atoms. The fourth-order valence-corrected chi connectivity index (χ4v) is 0. The van der Waals surface area contributed by atoms with Crippen LogP contribution in [0.5, 0.6) is 0 Å². The Morgan fingerprint density at radius 2 is 0.308 bits per heavy atom. The number of hydrogen-bond donors (Lipinski definition) is 0. The van der Waals surface area contributed by atoms with Crippen molar-refractivity contribution in [2.45, 2.75) is 0 Å². The van der Waals surface area contributed by atoms with Crippen molar-refractivity contribution in [3.63, 3.8) is 0 Å². The molecule has 0 unspecified atom stereocenters. The predicted octanol–water partition coefficient (Wildman–Crippen LogP) is -5.17. The van der Waals surface area contributed by atoms with E-state index in [1.165, 1.54) is 0 Å². The summed E-state index contributed by atoms with van der Waals surface area (Å²) in [5.41, 5.74) is 0. The van der Waals surface area contributed by atoms with Crippen LogP contribution in [0.25, 0.3) is 0 Å². The zero-order valence-corrected chi connectivity index (χ0v) is 11.8. The predicted molar refractivity (Wildman–Crippen MR) is 35.3 cm³/mol. The van der Waals surface area contributed by atoms with Crippen molar-refractivity contribution in [2.75, 3.05) is 0 Å². The van der Waals surface area contributed by atoms with Gasteiger partial charge in [0.2, 0.25) is 0 Å². The average molecular weight is 363 g/mol. The normalized spacial score (nSPS) is 0. The Morgan fingerprint density at radius 3 is 0.308 bits per heavy atom. The van der Waals surface area contributed by atoms with Gasteiger partial charge in [0, 0.05) is 45.7 Å². The van der Waals surface area contributed by atoms with Gasteiger partial charge in [0.1, 0.15) is 0 Å². The molecule has 0 aliphatic rings. The Bertz CT molecular complexity index is 20.5. The molecular formula is H18F4O7ZnZr. The molecule has 14 N–H and O–H groups in total. The van der Waals surface area contributed by atoms with Gasteiger partial charge in [0.25, 0.3) is 0 Å². The first-order valence-corrected chi connectivity index (χ1v) is 0. The van der Waals surface area contributed by atoms with Crippen LogP contribution in [-0.2, 0) is 45.7 Å². The zero-order valence-electron chi connectivity index (χ0n) is 6.34. The molecule has 0 aliphatic heterocycles. The maximum Gasteiger partial charge on any atom is 0 e. The Labute approximate surface area is 103 Å². The van der Waals surface area contributed by atoms with Gasteiger partial charge in [-0.1, -0.05) is 0 Å². The van der Waals surface area contributed by atoms with Crippen molar-refractivity contribution in [3.8, 4) is 0 Å². The summed E-state index contributed by atoms with van der Waals surface area (Å²) < 4.78 is 0. The molecule has 94 valence electrons. The van der Waals surface area contributed by atoms with E-state index in [0.717, 1.165) is 0 Å². The largest absolute Gasteiger partial charge is 0.412 e. The van der Waals surface area contributed by atoms with E-state index in [4.69, 9.17) is 0 Å². The second-order valence-corrected chi connectivity index (χ2v) is 0. The van der Waals surface area contributed by atoms with Crippen molar-refractivity contribution in [1.29, 1.82) is 0 Å². The zero-order chi connectivity index (χ0) is 0. The van der Waals surface area contributed by atoms with E-state index in [1.54, 1.807) is 0 Å². The van der Waals surface area contributed by atoms with Gasteiger partial charge in [-0.2, -0.15) is 0 Å². The third kappa shape index (κ3) is 1730. The van der Waals surface area contributed by atoms with Crippen LogP contribution in [0.4, 0.5) is 18.8 Å². The van der Waals surface area contributed by atoms with Crippen LogP contribution in [-0.4, -0.2) is 38.3 Å². The van der Waals surface area contributed by atoms with Crippen LogP contribution in [0.2, 0.25) is 0 Å². The van der Waals surface area contributed by atoms with E-state index in [0.29, 0.717) is 0 Å². The molecule has 0 aromatic rings. The summed E-state index contributed by atoms with van der Waals surface area (Å²) in [6.45, 7) is 0. The van der Waals surface area contributed by atoms with Crippen molar-refractivity contribution in [3.05, 3.63) is 0 Å². The van der Waals surface area contributed by atoms with Gasteiger partial charge >= 0.3 is 0 Å². The Hall–Kier alpha value is 0.946. The van der Waals surface area contributed by atoms with Crippen molar-refractivity contribution in [1.82, 2.24) is 0 Å². The first kappa shape index (κ1) is 2610. The summed E-state index contributed by atoms with van der Waals surface area (Å²) in [6, 6.07) is 0. The average Bonchev–Trinajstić information content (AvgIpc) is 0. The van der Waals surface area contributed by atoms with Gasteiger partial charge in [-0.25, -0.2) is 0 Å². The van der Waals surface area contributed by atoms with Crippen LogP contribution in [0, 0.1) is 0 Å². The molecule has 0 aromatic carbocycles. The minimum atomic E-state index is 0. The SMILES string of the molecule is F.F.F.F.O.O.O.O.O.O.O.[Zn].[Zr]. The molecule has 0 amide bonds. The van der Waals surface area contributed by atoms with Crippen LogP contribution in [0.15, 0.2) is 0 Å². The minimum absolute atomic E-state index is 0. The molecule has 0 rings (SSSR count). The Balaban J connectivity index is 0. The smallest absolute Gasteiger partial charge is 0 e. The van der Waals surface area contributed by atoms with E-state index in [1.807, 2.05) is 0 Å². The summed E-state index contributed by atoms with van der Waals surface area (Å²) in [4.78, 5) is 0. The second kappa shape index (κ2) is 2060. The molecule has 0 spiro atoms. The van der Waals surface area contributed by atoms with Crippen molar-refractivity contribution < 1.29 is 103 Å². The third-order valence-electron chi connectivity index (χ3n) is 0. The standard InChI is InChI=1S/4FH.7H2O.Zn.Zr/h4*1H;7*1H2;;. The third-order valence-corrected chi connectivity index (χ3v) is 0. The maximum atomic E-state index is 0. The van der Waals surface area contributed by atoms with E-state index in [9.17, 15) is 0 Å². The van der Waals surface area contributed by atoms with Gasteiger partial charge in [-0.3, -0.25) is 18.8 Å². The molecule has 0 atom stereocenters. The monoisotopic (exact) mass is 360 g/mol. The number of hydrogen-bond acceptors (Lipinski definition) is 0. The molecule has 0 bridgehead atoms. The van der Waals surface area contributed by atoms with Crippen molar-refractivity contribution in [2.24, 2.45) is 0 Å². The van der Waals surface area contributed by atoms with Gasteiger partial charge < -0.3 is 38.3 Å². The number of rotatable bonds is 0. The summed E-state index contributed by atoms with van der Waals surface area (Å²) in [5, 5.41) is 0. The topological polar surface area (TPSA) is 220 Å². The second-order valence-electron chi connectivity index (χ2n) is 0. The molecule has 0 heterocycles. The quantitative estimate of drug-likeness (QED) is 0.291. The molecule has 0 fully saturated rings. The van der Waals surface area contributed by atoms with Crippen LogP contribution >= 0.6 is 0 Å². The van der Waals surface area contributed by atoms with Crippen LogP contribution in [0.3, 0.4) is 0 Å². The fraction of sp³-hybridized carbons (Fsp3) is 0. The van der Waals surface area contributed by atoms with Crippen molar-refractivity contribution >= 4 is 0 Å². The van der Waals surface area contributed by atoms with Crippen LogP contribution in [0.1, 0.15) is 0 Å². The molecule has 0 aliphatic carbocycles. The van der Waals surface area contributed by atoms with E-state index in [2.05, 4.69) is 0 Å². The summed E-state index contributed by atoms with van der Waals surface area (Å²) in [7, 11) is 0. The Morgan fingerprint density at radius 1 is 0.308 bits per heavy atom. The van der Waals surface area contributed by atoms with Gasteiger partial charge in [0.15, 0.2) is 0 Å². The summed E-state index contributed by atoms with van der Waals surface area (Å²) in [5.74, 6) is 0. The van der Waals surface area contributed by atoms with E-state index >= 15 is 0 Å². The molecule has 0 saturated carbocycles. The first-order valence-electron chi connectivity index (χ1n) is 0. The molecule has 0 aromatic heterocycles. The van der Waals surface area contributed by atoms with Gasteiger partial charge in [-0.15, -0.1) is 0 Å². The first-order chi connectivity index (χ1) is 0. The molecule has 7 nitrogen and oxygen atoms in total. The van der Waals surface area contributed by atoms with E-state index < -0.39 is 0 Å². The maximum absolute atomic E-state index is 0. The molecule has 13 heteroatoms. The molecule has 0 radical (unpaired) electrons. The fourth-order valence-electron chi connectivity index (χ4n) is 0. The summed E-state index contributed by atoms with van der Waals surface area (Å²) in [6.07, 6.45) is 0. The van der Waals surface area contributed by atoms with E-state index in [-0.39, 0.29) is 103 Å². The Kier molecular flexibility index (Phi) is 414000. The van der Waals surface area contributed by atoms with Gasteiger partial charge in [0.05, 0.1) is 0 Å². The van der Waals surface area contributed by atoms with Crippen LogP contribution < -0.4 is 0 Å². The molecular weight excluding hydrogens is 345 g/mol. The minimum Gasteiger partial charge on any atom is -0.412 e. The summed E-state index contributed by atoms with van der Waals surface area (Å²) >= 11 is 0.